The van der Waals surface area contributed by atoms with Gasteiger partial charge < -0.3 is 54.0 Å². The van der Waals surface area contributed by atoms with Gasteiger partial charge in [-0.3, -0.25) is 14.4 Å². The van der Waals surface area contributed by atoms with Crippen LogP contribution in [0.15, 0.2) is 91.8 Å². The number of alkyl halides is 9. The number of hydrogen-bond acceptors (Lipinski definition) is 20. The van der Waals surface area contributed by atoms with Crippen LogP contribution in [0.1, 0.15) is 36.5 Å². The summed E-state index contributed by atoms with van der Waals surface area (Å²) in [5, 5.41) is 17.9. The minimum Gasteiger partial charge on any atom is -0.383 e. The number of carbonyl (C=O) groups is 3. The van der Waals surface area contributed by atoms with Crippen molar-refractivity contribution in [1.82, 2.24) is 70.6 Å². The predicted octanol–water partition coefficient (Wildman–Crippen LogP) is 8.07. The van der Waals surface area contributed by atoms with Crippen LogP contribution in [0.3, 0.4) is 0 Å². The van der Waals surface area contributed by atoms with Crippen LogP contribution in [0.4, 0.5) is 95.0 Å². The number of rotatable bonds is 16. The third-order valence-corrected chi connectivity index (χ3v) is 10.8. The van der Waals surface area contributed by atoms with E-state index >= 15 is 0 Å². The highest BCUT2D eigenvalue weighted by molar-refractivity contribution is 5.88. The molecule has 3 amide bonds. The maximum Gasteiger partial charge on any atom is 0.405 e. The first-order chi connectivity index (χ1) is 38.4. The number of pyridine rings is 2. The van der Waals surface area contributed by atoms with E-state index in [1.54, 1.807) is 29.6 Å². The number of nitrogens with two attached hydrogens (primary N) is 3. The second-order valence-corrected chi connectivity index (χ2v) is 17.8. The minimum atomic E-state index is -4.51. The second kappa shape index (κ2) is 25.9. The molecule has 1 atom stereocenters. The maximum absolute atomic E-state index is 14.0. The molecule has 35 heteroatoms. The number of nitrogens with one attached hydrogen (secondary N) is 6. The van der Waals surface area contributed by atoms with Gasteiger partial charge in [0.1, 0.15) is 66.6 Å². The molecule has 82 heavy (non-hydrogen) atoms. The molecule has 12 N–H and O–H groups in total. The quantitative estimate of drug-likeness (QED) is 0.0413. The zero-order valence-electron chi connectivity index (χ0n) is 42.8. The third-order valence-electron chi connectivity index (χ3n) is 10.8. The molecular weight excluding hydrogens is 1120 g/mol. The summed E-state index contributed by atoms with van der Waals surface area (Å²) in [6.07, 6.45) is -6.88. The molecule has 1 aromatic carbocycles. The van der Waals surface area contributed by atoms with Gasteiger partial charge in [0.2, 0.25) is 29.6 Å². The fourth-order valence-corrected chi connectivity index (χ4v) is 6.79. The van der Waals surface area contributed by atoms with Crippen molar-refractivity contribution in [3.8, 4) is 28.6 Å². The molecule has 1 aliphatic heterocycles. The van der Waals surface area contributed by atoms with Crippen molar-refractivity contribution in [2.75, 3.05) is 70.8 Å². The Bertz CT molecular complexity index is 3370. The Labute approximate surface area is 472 Å². The molecule has 0 spiro atoms. The molecule has 1 aliphatic rings. The molecule has 7 heterocycles. The lowest BCUT2D eigenvalue weighted by atomic mass is 9.99. The van der Waals surface area contributed by atoms with Crippen molar-refractivity contribution in [2.24, 2.45) is 5.92 Å². The first-order valence-corrected chi connectivity index (χ1v) is 23.6. The van der Waals surface area contributed by atoms with Gasteiger partial charge >= 0.3 is 18.5 Å². The zero-order chi connectivity index (χ0) is 60.2. The number of anilines is 8. The summed E-state index contributed by atoms with van der Waals surface area (Å²) in [5.41, 5.74) is 17.5. The second-order valence-electron chi connectivity index (χ2n) is 17.8. The summed E-state index contributed by atoms with van der Waals surface area (Å²) in [6.45, 7) is 0.137. The molecule has 8 rings (SSSR count). The third kappa shape index (κ3) is 18.1. The van der Waals surface area contributed by atoms with Gasteiger partial charge in [-0.05, 0) is 75.4 Å². The van der Waals surface area contributed by atoms with E-state index in [9.17, 15) is 62.7 Å². The number of nitrogens with zero attached hydrogens (tertiary/aromatic N) is 12. The molecule has 0 unspecified atom stereocenters. The smallest absolute Gasteiger partial charge is 0.383 e. The summed E-state index contributed by atoms with van der Waals surface area (Å²) >= 11 is 0. The molecule has 458 valence electrons. The molecule has 6 aromatic heterocycles. The maximum atomic E-state index is 14.0. The predicted molar refractivity (Wildman–Crippen MR) is 297 cm³/mol. The Balaban J connectivity index is -0.000000290. The molecule has 1 fully saturated rings. The van der Waals surface area contributed by atoms with E-state index in [1.807, 2.05) is 10.6 Å². The average Bonchev–Trinajstić information content (AvgIpc) is 0.931. The summed E-state index contributed by atoms with van der Waals surface area (Å²) in [4.78, 5) is 73.1. The Morgan fingerprint density at radius 1 is 0.695 bits per heavy atom. The van der Waals surface area contributed by atoms with E-state index in [-0.39, 0.29) is 87.2 Å². The van der Waals surface area contributed by atoms with Gasteiger partial charge in [0.25, 0.3) is 0 Å². The van der Waals surface area contributed by atoms with Gasteiger partial charge in [-0.1, -0.05) is 0 Å². The van der Waals surface area contributed by atoms with Gasteiger partial charge in [0.05, 0.1) is 23.2 Å². The number of nitrogen functional groups attached to an aromatic ring is 3. The first-order valence-electron chi connectivity index (χ1n) is 23.6. The molecule has 24 nitrogen and oxygen atoms in total. The van der Waals surface area contributed by atoms with Gasteiger partial charge in [-0.2, -0.15) is 49.2 Å². The topological polar surface area (TPSA) is 339 Å². The lowest BCUT2D eigenvalue weighted by molar-refractivity contribution is -0.141. The van der Waals surface area contributed by atoms with Crippen LogP contribution in [-0.4, -0.2) is 135 Å². The Kier molecular flexibility index (Phi) is 19.4. The van der Waals surface area contributed by atoms with Crippen LogP contribution in [0.2, 0.25) is 0 Å². The Morgan fingerprint density at radius 2 is 1.28 bits per heavy atom. The molecule has 7 aromatic rings. The van der Waals surface area contributed by atoms with E-state index < -0.39 is 85.0 Å². The Morgan fingerprint density at radius 3 is 1.88 bits per heavy atom. The molecule has 0 saturated carbocycles. The van der Waals surface area contributed by atoms with E-state index in [0.717, 1.165) is 12.5 Å². The van der Waals surface area contributed by atoms with E-state index in [2.05, 4.69) is 65.9 Å². The SMILES string of the molecule is CC(C)(Nc1ccnc(-c2cccnc2N)n1)C(=O)NCC(F)(F)F.C[C@H](Nc1cc(-n2nc(Nc3ccc(F)cc3)nc2N)ncn1)C(=O)NCC(F)(F)F.Nc1ncccc1-c1ncc(F)c(N2CC(C(=O)NCC(F)(F)F)C2)n1.[HH].[HH].[HH].[HH].[HH].[HH].[HH].[HH].[HH].[HH].[HH]. The van der Waals surface area contributed by atoms with Crippen molar-refractivity contribution in [3.05, 3.63) is 103 Å². The number of benzene rings is 1. The molecule has 1 saturated heterocycles. The van der Waals surface area contributed by atoms with E-state index in [4.69, 9.17) is 17.2 Å². The van der Waals surface area contributed by atoms with Crippen molar-refractivity contribution < 1.29 is 78.4 Å². The first kappa shape index (κ1) is 61.4. The molecular formula is C47H70F11N21O3. The van der Waals surface area contributed by atoms with Crippen LogP contribution in [-0.2, 0) is 14.4 Å². The fourth-order valence-electron chi connectivity index (χ4n) is 6.79. The largest absolute Gasteiger partial charge is 0.405 e. The van der Waals surface area contributed by atoms with Crippen molar-refractivity contribution in [2.45, 2.75) is 50.9 Å². The summed E-state index contributed by atoms with van der Waals surface area (Å²) in [6, 6.07) is 14.0. The van der Waals surface area contributed by atoms with E-state index in [0.29, 0.717) is 16.8 Å². The van der Waals surface area contributed by atoms with Crippen LogP contribution in [0.25, 0.3) is 28.6 Å². The van der Waals surface area contributed by atoms with Crippen molar-refractivity contribution >= 4 is 64.4 Å². The van der Waals surface area contributed by atoms with E-state index in [1.165, 1.54) is 85.3 Å². The normalized spacial score (nSPS) is 13.0. The number of halogens is 11. The number of carbonyl (C=O) groups excluding carboxylic acids is 3. The van der Waals surface area contributed by atoms with Crippen LogP contribution in [0, 0.1) is 17.6 Å². The van der Waals surface area contributed by atoms with Crippen molar-refractivity contribution in [1.29, 1.82) is 0 Å². The van der Waals surface area contributed by atoms with Gasteiger partial charge in [0, 0.05) is 59.1 Å². The lowest BCUT2D eigenvalue weighted by Crippen LogP contribution is -2.55. The van der Waals surface area contributed by atoms with Gasteiger partial charge in [-0.25, -0.2) is 48.7 Å². The van der Waals surface area contributed by atoms with Crippen LogP contribution >= 0.6 is 0 Å². The molecule has 0 aliphatic carbocycles. The standard InChI is InChI=1S/C17H17F4N9O.C15H14F4N6O.C15H17F3N6O.11H2/c1-9(14(31)23-7-17(19,20)21)26-12-6-13(25-8-24-12)30-15(22)28-16(29-30)27-11-4-2-10(18)3-5-11;16-10-4-22-12(9-2-1-3-21-11(9)20)24-13(10)25-5-8(6-25)14(26)23-7-15(17,18)19;1-14(2,13(25)22-8-15(16,17)18)24-10-5-7-21-12(23-10)9-4-3-6-20-11(9)19;;;;;;;;;;;/h2-6,8-9H,7H2,1H3,(H,23,31)(H,24,25,26)(H3,22,27,28,29);1-4,8H,5-7H2,(H2,20,21)(H,23,26);3-7H,8H2,1-2H3,(H2,19,20)(H,22,25)(H,21,23,24);11*1H/t9-;;;;;;;;;;;;;/m0............./s1. The number of aromatic nitrogens is 11. The van der Waals surface area contributed by atoms with Crippen LogP contribution in [0.5, 0.6) is 0 Å². The van der Waals surface area contributed by atoms with Gasteiger partial charge in [0.15, 0.2) is 29.1 Å². The number of hydrogen-bond donors (Lipinski definition) is 9. The monoisotopic (exact) mass is 1190 g/mol. The highest BCUT2D eigenvalue weighted by atomic mass is 19.4. The Hall–Kier alpha value is -9.86. The van der Waals surface area contributed by atoms with Crippen LogP contribution < -0.4 is 54.0 Å². The number of amides is 3. The average molecular weight is 1190 g/mol. The summed E-state index contributed by atoms with van der Waals surface area (Å²) in [5.74, 6) is -2.64. The highest BCUT2D eigenvalue weighted by Gasteiger charge is 2.38. The van der Waals surface area contributed by atoms with Gasteiger partial charge in [-0.15, -0.1) is 5.10 Å². The summed E-state index contributed by atoms with van der Waals surface area (Å²) in [7, 11) is 0. The fraction of sp³-hybridized carbons (Fsp3) is 0.298. The zero-order valence-corrected chi connectivity index (χ0v) is 42.8. The van der Waals surface area contributed by atoms with Crippen molar-refractivity contribution in [3.63, 3.8) is 0 Å². The molecule has 0 radical (unpaired) electrons. The molecule has 0 bridgehead atoms. The minimum absolute atomic E-state index is 0. The highest BCUT2D eigenvalue weighted by Crippen LogP contribution is 2.30. The lowest BCUT2D eigenvalue weighted by Gasteiger charge is -2.39. The summed E-state index contributed by atoms with van der Waals surface area (Å²) < 4.78 is 138.